The number of nitrogens with zero attached hydrogens (tertiary/aromatic N) is 1. The maximum atomic E-state index is 12.4. The van der Waals surface area contributed by atoms with Gasteiger partial charge in [0.2, 0.25) is 0 Å². The molecular formula is C65H141F3NNaO21S2Si11. The van der Waals surface area contributed by atoms with Crippen LogP contribution >= 0.6 is 0 Å². The van der Waals surface area contributed by atoms with Crippen LogP contribution < -0.4 is 29.6 Å². The molecule has 0 radical (unpaired) electrons. The van der Waals surface area contributed by atoms with Crippen LogP contribution in [0.4, 0.5) is 13.2 Å². The van der Waals surface area contributed by atoms with E-state index in [0.29, 0.717) is 25.7 Å². The van der Waals surface area contributed by atoms with Crippen molar-refractivity contribution in [3.05, 3.63) is 34.0 Å². The molecule has 0 aliphatic carbocycles. The summed E-state index contributed by atoms with van der Waals surface area (Å²) in [5, 5.41) is 0. The van der Waals surface area contributed by atoms with Crippen molar-refractivity contribution in [2.45, 2.75) is 320 Å². The van der Waals surface area contributed by atoms with Crippen LogP contribution in [-0.4, -0.2) is 166 Å². The van der Waals surface area contributed by atoms with Crippen LogP contribution in [0.5, 0.6) is 0 Å². The summed E-state index contributed by atoms with van der Waals surface area (Å²) in [7, 11) is -38.6. The molecule has 0 aromatic heterocycles. The normalized spacial score (nSPS) is 15.8. The number of sulfonamides is 2. The minimum absolute atomic E-state index is 0. The van der Waals surface area contributed by atoms with Gasteiger partial charge in [0.15, 0.2) is 26.7 Å². The Hall–Kier alpha value is 0.226. The molecule has 1 fully saturated rings. The van der Waals surface area contributed by atoms with Crippen molar-refractivity contribution in [2.75, 3.05) is 26.4 Å². The van der Waals surface area contributed by atoms with E-state index in [2.05, 4.69) is 164 Å². The number of halogens is 3. The number of carbonyl (C=O) groups is 3. The van der Waals surface area contributed by atoms with Crippen molar-refractivity contribution < 1.29 is 134 Å². The van der Waals surface area contributed by atoms with Gasteiger partial charge in [-0.05, 0) is 252 Å². The minimum atomic E-state index is -6.10. The van der Waals surface area contributed by atoms with E-state index < -0.39 is 130 Å². The third-order valence-electron chi connectivity index (χ3n) is 15.7. The van der Waals surface area contributed by atoms with Crippen molar-refractivity contribution in [2.24, 2.45) is 22.7 Å². The Morgan fingerprint density at radius 2 is 0.875 bits per heavy atom. The molecule has 39 heteroatoms. The maximum Gasteiger partial charge on any atom is 1.00 e. The molecule has 0 amide bonds. The summed E-state index contributed by atoms with van der Waals surface area (Å²) in [6, 6.07) is 5.77. The van der Waals surface area contributed by atoms with E-state index in [0.717, 1.165) is 68.9 Å². The van der Waals surface area contributed by atoms with E-state index in [1.54, 1.807) is 0 Å². The first kappa shape index (κ1) is 108. The number of esters is 3. The van der Waals surface area contributed by atoms with Crippen LogP contribution in [0.15, 0.2) is 29.2 Å². The maximum absolute atomic E-state index is 12.4. The Morgan fingerprint density at radius 1 is 0.519 bits per heavy atom. The zero-order valence-corrected chi connectivity index (χ0v) is 85.6. The molecule has 2 rings (SSSR count). The Kier molecular flexibility index (Phi) is 46.1. The Morgan fingerprint density at radius 3 is 1.18 bits per heavy atom. The second-order valence-electron chi connectivity index (χ2n) is 33.5. The second-order valence-corrected chi connectivity index (χ2v) is 78.5. The van der Waals surface area contributed by atoms with E-state index >= 15 is 0 Å². The standard InChI is InChI=1S/C32H86O12Si11.C13H26O2.C11H13F3NO4S2.C9H16O3.Na/c1-27-32(2,3)31(33)34-29-28-30-46(7,8)36-48(11,12)38-50(15,16)40-52(19,20)42-54(23,24)44-55(25,26)43-53(21,22)41-51(17,18)39-49(13,14)37-47(9,10)35-45(4,5)6;1-5-8-9-12(7-3)10-15-13(14)11(4)6-2;1-3-8(2)9-4-6-10(7-5-9)20(16,17)15-21(18,19)11(12,13)14;1-4-9(2,3)8(10)12-6-7-5-11-7;/h27-30H2,1-26H3;11-12H,5-10H2,1-4H3;4-8H,3H2,1-2H3;7H,4-6H2,1-3H3;/q;;-1;;+1. The quantitative estimate of drug-likeness (QED) is 0.0193. The van der Waals surface area contributed by atoms with Crippen LogP contribution in [0.25, 0.3) is 4.13 Å². The molecule has 1 aromatic rings. The van der Waals surface area contributed by atoms with Crippen LogP contribution in [0, 0.1) is 22.7 Å². The summed E-state index contributed by atoms with van der Waals surface area (Å²) >= 11 is 0. The number of rotatable bonds is 43. The molecule has 1 heterocycles. The van der Waals surface area contributed by atoms with Gasteiger partial charge < -0.3 is 64.2 Å². The molecule has 4 atom stereocenters. The van der Waals surface area contributed by atoms with Crippen molar-refractivity contribution in [3.8, 4) is 0 Å². The zero-order chi connectivity index (χ0) is 81.5. The van der Waals surface area contributed by atoms with E-state index in [9.17, 15) is 44.4 Å². The number of hydrogen-bond acceptors (Lipinski definition) is 21. The predicted octanol–water partition coefficient (Wildman–Crippen LogP) is 16.2. The number of benzene rings is 1. The summed E-state index contributed by atoms with van der Waals surface area (Å²) < 4.78 is 171. The second kappa shape index (κ2) is 44.2. The number of ether oxygens (including phenoxy) is 4. The minimum Gasteiger partial charge on any atom is -0.465 e. The van der Waals surface area contributed by atoms with Gasteiger partial charge in [-0.3, -0.25) is 14.4 Å². The van der Waals surface area contributed by atoms with Crippen molar-refractivity contribution in [1.82, 2.24) is 0 Å². The first-order chi connectivity index (χ1) is 45.9. The fourth-order valence-electron chi connectivity index (χ4n) is 10.9. The van der Waals surface area contributed by atoms with E-state index in [4.69, 9.17) is 60.1 Å². The summed E-state index contributed by atoms with van der Waals surface area (Å²) in [4.78, 5) is 34.6. The molecular weight excluding hydrogens is 1580 g/mol. The van der Waals surface area contributed by atoms with Crippen molar-refractivity contribution in [1.29, 1.82) is 0 Å². The molecule has 0 N–H and O–H groups in total. The topological polar surface area (TPSA) is 266 Å². The predicted molar refractivity (Wildman–Crippen MR) is 433 cm³/mol. The zero-order valence-electron chi connectivity index (χ0n) is 71.0. The van der Waals surface area contributed by atoms with E-state index in [-0.39, 0.29) is 70.8 Å². The van der Waals surface area contributed by atoms with Gasteiger partial charge in [-0.2, -0.15) is 13.2 Å². The fraction of sp³-hybridized carbons (Fsp3) is 0.862. The number of carbonyl (C=O) groups excluding carboxylic acids is 3. The number of hydrogen-bond donors (Lipinski definition) is 0. The third kappa shape index (κ3) is 47.7. The van der Waals surface area contributed by atoms with Gasteiger partial charge in [-0.15, -0.1) is 0 Å². The van der Waals surface area contributed by atoms with Crippen molar-refractivity contribution in [3.63, 3.8) is 0 Å². The molecule has 104 heavy (non-hydrogen) atoms. The summed E-state index contributed by atoms with van der Waals surface area (Å²) in [5.41, 5.74) is -5.78. The molecule has 1 aliphatic heterocycles. The SMILES string of the molecule is CCC(C)(C)C(=O)OCC1CO1.CCC(C)(C)C(=O)OCCC[Si](C)(C)O[Si](C)(C)O[Si](C)(C)O[Si](C)(C)O[Si](C)(C)O[Si](C)(C)O[Si](C)(C)O[Si](C)(C)O[Si](C)(C)O[Si](C)(C)O[Si](C)(C)C.CCC(C)c1ccc(S(=O)(=O)[N-]S(=O)(=O)C(F)(F)F)cc1.CCCCC(CC)COC(=O)C(C)CC.[Na+]. The Balaban J connectivity index is -0.00000166. The molecule has 1 aromatic carbocycles. The van der Waals surface area contributed by atoms with Gasteiger partial charge in [0.25, 0.3) is 0 Å². The van der Waals surface area contributed by atoms with Crippen LogP contribution in [0.2, 0.25) is 157 Å². The van der Waals surface area contributed by atoms with Gasteiger partial charge in [0.05, 0.1) is 36.6 Å². The first-order valence-electron chi connectivity index (χ1n) is 36.4. The Labute approximate surface area is 663 Å². The van der Waals surface area contributed by atoms with Gasteiger partial charge in [-0.25, -0.2) is 16.8 Å². The molecule has 4 unspecified atom stereocenters. The van der Waals surface area contributed by atoms with Gasteiger partial charge in [0, 0.05) is 4.90 Å². The molecule has 1 aliphatic rings. The monoisotopic (exact) mass is 1720 g/mol. The molecule has 0 saturated carbocycles. The van der Waals surface area contributed by atoms with Crippen LogP contribution in [-0.2, 0) is 94.5 Å². The number of epoxide rings is 1. The summed E-state index contributed by atoms with van der Waals surface area (Å²) in [6.07, 6.45) is 8.88. The Bertz CT molecular complexity index is 2960. The van der Waals surface area contributed by atoms with Crippen LogP contribution in [0.1, 0.15) is 152 Å². The summed E-state index contributed by atoms with van der Waals surface area (Å²) in [6.45, 7) is 74.2. The van der Waals surface area contributed by atoms with Crippen molar-refractivity contribution >= 4 is 132 Å². The number of alkyl halides is 3. The fourth-order valence-corrected chi connectivity index (χ4v) is 68.5. The van der Waals surface area contributed by atoms with Gasteiger partial charge >= 0.3 is 130 Å². The van der Waals surface area contributed by atoms with Gasteiger partial charge in [-0.1, -0.05) is 86.8 Å². The van der Waals surface area contributed by atoms with Gasteiger partial charge in [0.1, 0.15) is 22.7 Å². The molecule has 0 spiro atoms. The van der Waals surface area contributed by atoms with Crippen LogP contribution in [0.3, 0.4) is 0 Å². The summed E-state index contributed by atoms with van der Waals surface area (Å²) in [5.74, 6) is 0.437. The molecule has 22 nitrogen and oxygen atoms in total. The molecule has 1 saturated heterocycles. The van der Waals surface area contributed by atoms with E-state index in [1.807, 2.05) is 73.4 Å². The molecule has 0 bridgehead atoms. The third-order valence-corrected chi connectivity index (χ3v) is 60.3. The average molecular weight is 1730 g/mol. The first-order valence-corrected chi connectivity index (χ1v) is 71.2. The smallest absolute Gasteiger partial charge is 0.465 e. The molecule has 610 valence electrons. The largest absolute Gasteiger partial charge is 1.00 e. The average Bonchev–Trinajstić information content (AvgIpc) is 1.24. The number of unbranched alkanes of at least 4 members (excludes halogenated alkanes) is 1. The van der Waals surface area contributed by atoms with E-state index in [1.165, 1.54) is 31.4 Å².